The van der Waals surface area contributed by atoms with Crippen LogP contribution in [-0.2, 0) is 34.0 Å². The quantitative estimate of drug-likeness (QED) is 0.352. The summed E-state index contributed by atoms with van der Waals surface area (Å²) in [6.45, 7) is 4.94. The van der Waals surface area contributed by atoms with Crippen molar-refractivity contribution in [1.29, 1.82) is 0 Å². The van der Waals surface area contributed by atoms with E-state index in [1.807, 2.05) is 0 Å². The third kappa shape index (κ3) is 4.00. The molecule has 2 amide bonds. The van der Waals surface area contributed by atoms with Gasteiger partial charge < -0.3 is 14.2 Å². The molecular formula is C28H27NO8. The minimum atomic E-state index is -2.05. The SMILES string of the molecule is COC(=O)C1=C[C@@H](C(=O)c2ccccc2)[C@H](C(=O)OC)[C@]12C(=O)N(C(=O)OC(C)(C)C)c1ccccc12. The van der Waals surface area contributed by atoms with Crippen LogP contribution in [0.1, 0.15) is 36.7 Å². The number of esters is 2. The van der Waals surface area contributed by atoms with E-state index in [2.05, 4.69) is 0 Å². The van der Waals surface area contributed by atoms with E-state index in [-0.39, 0.29) is 22.4 Å². The molecule has 0 radical (unpaired) electrons. The van der Waals surface area contributed by atoms with Crippen molar-refractivity contribution in [3.63, 3.8) is 0 Å². The number of methoxy groups -OCH3 is 2. The first-order valence-electron chi connectivity index (χ1n) is 11.6. The zero-order chi connectivity index (χ0) is 27.1. The highest BCUT2D eigenvalue weighted by Crippen LogP contribution is 2.58. The first-order valence-corrected chi connectivity index (χ1v) is 11.6. The first-order chi connectivity index (χ1) is 17.5. The molecule has 1 heterocycles. The largest absolute Gasteiger partial charge is 0.469 e. The summed E-state index contributed by atoms with van der Waals surface area (Å²) >= 11 is 0. The Hall–Kier alpha value is -4.27. The summed E-state index contributed by atoms with van der Waals surface area (Å²) in [6, 6.07) is 14.5. The number of ether oxygens (including phenoxy) is 3. The highest BCUT2D eigenvalue weighted by Gasteiger charge is 2.69. The van der Waals surface area contributed by atoms with Gasteiger partial charge in [0, 0.05) is 5.56 Å². The summed E-state index contributed by atoms with van der Waals surface area (Å²) in [5.41, 5.74) is -2.60. The highest BCUT2D eigenvalue weighted by molar-refractivity contribution is 6.27. The molecule has 0 bridgehead atoms. The Morgan fingerprint density at radius 3 is 2.11 bits per heavy atom. The molecule has 1 aliphatic carbocycles. The van der Waals surface area contributed by atoms with E-state index in [0.717, 1.165) is 19.1 Å². The van der Waals surface area contributed by atoms with Crippen molar-refractivity contribution in [2.24, 2.45) is 11.8 Å². The topological polar surface area (TPSA) is 116 Å². The van der Waals surface area contributed by atoms with Gasteiger partial charge in [-0.1, -0.05) is 54.6 Å². The van der Waals surface area contributed by atoms with Crippen LogP contribution in [0.5, 0.6) is 0 Å². The van der Waals surface area contributed by atoms with Crippen molar-refractivity contribution in [3.05, 3.63) is 77.4 Å². The number of fused-ring (bicyclic) bond motifs is 2. The third-order valence-corrected chi connectivity index (χ3v) is 6.50. The molecule has 0 N–H and O–H groups in total. The number of hydrogen-bond acceptors (Lipinski definition) is 8. The molecule has 2 aromatic carbocycles. The summed E-state index contributed by atoms with van der Waals surface area (Å²) in [5, 5.41) is 0. The Bertz CT molecular complexity index is 1320. The molecule has 9 heteroatoms. The molecule has 3 atom stereocenters. The van der Waals surface area contributed by atoms with Crippen LogP contribution in [0, 0.1) is 11.8 Å². The average Bonchev–Trinajstić information content (AvgIpc) is 3.36. The van der Waals surface area contributed by atoms with E-state index < -0.39 is 52.6 Å². The lowest BCUT2D eigenvalue weighted by molar-refractivity contribution is -0.151. The van der Waals surface area contributed by atoms with Gasteiger partial charge in [0.05, 0.1) is 37.3 Å². The summed E-state index contributed by atoms with van der Waals surface area (Å²) in [7, 11) is 2.26. The summed E-state index contributed by atoms with van der Waals surface area (Å²) < 4.78 is 15.6. The second kappa shape index (κ2) is 9.31. The molecule has 9 nitrogen and oxygen atoms in total. The van der Waals surface area contributed by atoms with Crippen molar-refractivity contribution in [1.82, 2.24) is 0 Å². The molecule has 0 unspecified atom stereocenters. The molecule has 0 aromatic heterocycles. The number of rotatable bonds is 4. The van der Waals surface area contributed by atoms with Crippen LogP contribution in [0.2, 0.25) is 0 Å². The summed E-state index contributed by atoms with van der Waals surface area (Å²) in [5.74, 6) is -5.93. The number of hydrogen-bond donors (Lipinski definition) is 0. The Morgan fingerprint density at radius 2 is 1.51 bits per heavy atom. The number of allylic oxidation sites excluding steroid dienone is 1. The van der Waals surface area contributed by atoms with Crippen molar-refractivity contribution >= 4 is 35.4 Å². The number of carbonyl (C=O) groups is 5. The standard InChI is InChI=1S/C28H27NO8/c1-27(2,3)37-26(34)29-20-14-10-9-13-18(20)28(25(29)33)19(23(31)35-4)15-17(21(28)24(32)36-5)22(30)16-11-7-6-8-12-16/h6-15,17,21H,1-5H3/t17-,21-,28-/m1/s1. The minimum absolute atomic E-state index is 0.137. The van der Waals surface area contributed by atoms with Crippen LogP contribution >= 0.6 is 0 Å². The van der Waals surface area contributed by atoms with Gasteiger partial charge in [0.15, 0.2) is 5.78 Å². The lowest BCUT2D eigenvalue weighted by Gasteiger charge is -2.33. The van der Waals surface area contributed by atoms with Gasteiger partial charge in [0.1, 0.15) is 11.0 Å². The number of nitrogens with zero attached hydrogens (tertiary/aromatic N) is 1. The number of Topliss-reactive ketones (excluding diaryl/α,β-unsaturated/α-hetero) is 1. The second-order valence-corrected chi connectivity index (χ2v) is 9.77. The van der Waals surface area contributed by atoms with Crippen molar-refractivity contribution in [3.8, 4) is 0 Å². The Kier molecular flexibility index (Phi) is 6.50. The molecule has 0 saturated heterocycles. The zero-order valence-electron chi connectivity index (χ0n) is 21.1. The number of amides is 2. The van der Waals surface area contributed by atoms with E-state index in [4.69, 9.17) is 14.2 Å². The van der Waals surface area contributed by atoms with Gasteiger partial charge in [0.25, 0.3) is 5.91 Å². The number of ketones is 1. The van der Waals surface area contributed by atoms with Crippen LogP contribution in [-0.4, -0.2) is 49.5 Å². The predicted molar refractivity (Wildman–Crippen MR) is 132 cm³/mol. The van der Waals surface area contributed by atoms with E-state index in [9.17, 15) is 24.0 Å². The van der Waals surface area contributed by atoms with Gasteiger partial charge in [-0.2, -0.15) is 0 Å². The lowest BCUT2D eigenvalue weighted by atomic mass is 9.66. The summed E-state index contributed by atoms with van der Waals surface area (Å²) in [4.78, 5) is 68.6. The molecule has 4 rings (SSSR count). The third-order valence-electron chi connectivity index (χ3n) is 6.50. The molecule has 2 aliphatic rings. The van der Waals surface area contributed by atoms with Gasteiger partial charge in [-0.05, 0) is 32.4 Å². The molecule has 2 aromatic rings. The fourth-order valence-electron chi connectivity index (χ4n) is 5.11. The highest BCUT2D eigenvalue weighted by atomic mass is 16.6. The molecule has 1 spiro atoms. The molecule has 192 valence electrons. The van der Waals surface area contributed by atoms with Gasteiger partial charge >= 0.3 is 18.0 Å². The number of imide groups is 1. The van der Waals surface area contributed by atoms with E-state index in [1.54, 1.807) is 69.3 Å². The van der Waals surface area contributed by atoms with Crippen molar-refractivity contribution in [2.45, 2.75) is 31.8 Å². The molecular weight excluding hydrogens is 478 g/mol. The second-order valence-electron chi connectivity index (χ2n) is 9.77. The van der Waals surface area contributed by atoms with E-state index in [0.29, 0.717) is 0 Å². The van der Waals surface area contributed by atoms with Gasteiger partial charge in [-0.25, -0.2) is 14.5 Å². The van der Waals surface area contributed by atoms with Crippen LogP contribution in [0.25, 0.3) is 0 Å². The minimum Gasteiger partial charge on any atom is -0.469 e. The molecule has 0 saturated carbocycles. The van der Waals surface area contributed by atoms with E-state index in [1.165, 1.54) is 12.1 Å². The first kappa shape index (κ1) is 25.8. The van der Waals surface area contributed by atoms with Crippen molar-refractivity contribution in [2.75, 3.05) is 19.1 Å². The molecule has 37 heavy (non-hydrogen) atoms. The molecule has 0 fully saturated rings. The maximum Gasteiger partial charge on any atom is 0.421 e. The number of benzene rings is 2. The normalized spacial score (nSPS) is 22.4. The van der Waals surface area contributed by atoms with E-state index >= 15 is 0 Å². The van der Waals surface area contributed by atoms with Crippen LogP contribution < -0.4 is 4.90 Å². The van der Waals surface area contributed by atoms with Crippen LogP contribution in [0.15, 0.2) is 66.2 Å². The fourth-order valence-corrected chi connectivity index (χ4v) is 5.11. The van der Waals surface area contributed by atoms with Gasteiger partial charge in [0.2, 0.25) is 0 Å². The predicted octanol–water partition coefficient (Wildman–Crippen LogP) is 3.61. The molecule has 1 aliphatic heterocycles. The number of anilines is 1. The van der Waals surface area contributed by atoms with Crippen LogP contribution in [0.4, 0.5) is 10.5 Å². The maximum atomic E-state index is 14.3. The Morgan fingerprint density at radius 1 is 0.892 bits per heavy atom. The summed E-state index contributed by atoms with van der Waals surface area (Å²) in [6.07, 6.45) is 0.309. The number of carbonyl (C=O) groups excluding carboxylic acids is 5. The fraction of sp³-hybridized carbons (Fsp3) is 0.321. The van der Waals surface area contributed by atoms with Gasteiger partial charge in [-0.3, -0.25) is 14.4 Å². The monoisotopic (exact) mass is 505 g/mol. The number of para-hydroxylation sites is 1. The average molecular weight is 506 g/mol. The maximum absolute atomic E-state index is 14.3. The van der Waals surface area contributed by atoms with Crippen molar-refractivity contribution < 1.29 is 38.2 Å². The lowest BCUT2D eigenvalue weighted by Crippen LogP contribution is -2.53. The Balaban J connectivity index is 1.99. The smallest absolute Gasteiger partial charge is 0.421 e. The zero-order valence-corrected chi connectivity index (χ0v) is 21.1. The van der Waals surface area contributed by atoms with Gasteiger partial charge in [-0.15, -0.1) is 0 Å². The Labute approximate surface area is 214 Å². The van der Waals surface area contributed by atoms with Crippen LogP contribution in [0.3, 0.4) is 0 Å².